The second kappa shape index (κ2) is 8.77. The van der Waals surface area contributed by atoms with Crippen LogP contribution in [-0.2, 0) is 11.2 Å². The van der Waals surface area contributed by atoms with E-state index in [1.54, 1.807) is 18.2 Å². The Balaban J connectivity index is 2.03. The van der Waals surface area contributed by atoms with Crippen molar-refractivity contribution in [2.24, 2.45) is 0 Å². The summed E-state index contributed by atoms with van der Waals surface area (Å²) >= 11 is 0. The van der Waals surface area contributed by atoms with E-state index in [0.717, 1.165) is 18.4 Å². The number of para-hydroxylation sites is 1. The van der Waals surface area contributed by atoms with Crippen LogP contribution in [0.1, 0.15) is 47.2 Å². The Bertz CT molecular complexity index is 926. The van der Waals surface area contributed by atoms with E-state index < -0.39 is 18.1 Å². The number of methoxy groups -OCH3 is 1. The van der Waals surface area contributed by atoms with Crippen LogP contribution in [0.5, 0.6) is 5.75 Å². The first-order chi connectivity index (χ1) is 13.9. The number of carboxylic acid groups (broad SMARTS) is 1. The van der Waals surface area contributed by atoms with Crippen molar-refractivity contribution in [3.8, 4) is 5.75 Å². The van der Waals surface area contributed by atoms with Gasteiger partial charge in [0.25, 0.3) is 5.91 Å². The van der Waals surface area contributed by atoms with E-state index in [1.807, 2.05) is 24.3 Å². The predicted octanol–water partition coefficient (Wildman–Crippen LogP) is 3.59. The largest absolute Gasteiger partial charge is 0.496 e. The summed E-state index contributed by atoms with van der Waals surface area (Å²) in [5.74, 6) is -0.804. The number of hydrogen-bond acceptors (Lipinski definition) is 4. The van der Waals surface area contributed by atoms with Crippen molar-refractivity contribution >= 4 is 23.5 Å². The summed E-state index contributed by atoms with van der Waals surface area (Å²) in [5, 5.41) is 14.1. The molecule has 2 aromatic carbocycles. The van der Waals surface area contributed by atoms with Crippen LogP contribution < -0.4 is 15.4 Å². The molecule has 2 aromatic rings. The number of hydrogen-bond donors (Lipinski definition) is 3. The van der Waals surface area contributed by atoms with Crippen LogP contribution in [0.15, 0.2) is 42.5 Å². The van der Waals surface area contributed by atoms with Crippen molar-refractivity contribution < 1.29 is 24.2 Å². The molecule has 0 fully saturated rings. The molecular weight excluding hydrogens is 372 g/mol. The number of benzene rings is 2. The first-order valence-electron chi connectivity index (χ1n) is 9.51. The highest BCUT2D eigenvalue weighted by atomic mass is 16.5. The molecule has 0 aliphatic heterocycles. The average Bonchev–Trinajstić information content (AvgIpc) is 2.72. The number of carbonyl (C=O) groups is 3. The number of ether oxygens (including phenoxy) is 1. The second-order valence-electron chi connectivity index (χ2n) is 7.05. The quantitative estimate of drug-likeness (QED) is 0.692. The van der Waals surface area contributed by atoms with Gasteiger partial charge in [-0.3, -0.25) is 9.59 Å². The zero-order valence-electron chi connectivity index (χ0n) is 16.4. The summed E-state index contributed by atoms with van der Waals surface area (Å²) < 4.78 is 5.44. The van der Waals surface area contributed by atoms with E-state index in [4.69, 9.17) is 9.84 Å². The molecule has 0 heterocycles. The van der Waals surface area contributed by atoms with Gasteiger partial charge in [0.05, 0.1) is 18.7 Å². The molecule has 0 saturated carbocycles. The summed E-state index contributed by atoms with van der Waals surface area (Å²) in [6, 6.07) is 11.8. The summed E-state index contributed by atoms with van der Waals surface area (Å²) in [6.45, 7) is 1.52. The fraction of sp³-hybridized carbons (Fsp3) is 0.318. The SMILES string of the molecule is COc1ccc2c(c1C(=O)Nc1ccccc1)C(C(=O)C(C)NC(=O)O)CCC2. The van der Waals surface area contributed by atoms with Gasteiger partial charge in [-0.1, -0.05) is 24.3 Å². The summed E-state index contributed by atoms with van der Waals surface area (Å²) in [6.07, 6.45) is 0.829. The molecule has 3 N–H and O–H groups in total. The van der Waals surface area contributed by atoms with Crippen LogP contribution in [0.25, 0.3) is 0 Å². The Morgan fingerprint density at radius 3 is 2.52 bits per heavy atom. The zero-order chi connectivity index (χ0) is 21.0. The number of ketones is 1. The van der Waals surface area contributed by atoms with E-state index >= 15 is 0 Å². The Labute approximate surface area is 169 Å². The zero-order valence-corrected chi connectivity index (χ0v) is 16.4. The Morgan fingerprint density at radius 1 is 1.14 bits per heavy atom. The molecule has 0 saturated heterocycles. The maximum absolute atomic E-state index is 13.2. The Hall–Kier alpha value is -3.35. The maximum atomic E-state index is 13.2. The fourth-order valence-corrected chi connectivity index (χ4v) is 3.86. The summed E-state index contributed by atoms with van der Waals surface area (Å²) in [5.41, 5.74) is 2.51. The third-order valence-electron chi connectivity index (χ3n) is 5.17. The average molecular weight is 396 g/mol. The van der Waals surface area contributed by atoms with Crippen LogP contribution in [0, 0.1) is 0 Å². The molecule has 7 heteroatoms. The van der Waals surface area contributed by atoms with E-state index in [0.29, 0.717) is 29.0 Å². The minimum Gasteiger partial charge on any atom is -0.496 e. The highest BCUT2D eigenvalue weighted by Crippen LogP contribution is 2.39. The van der Waals surface area contributed by atoms with Gasteiger partial charge in [0.1, 0.15) is 5.75 Å². The standard InChI is InChI=1S/C22H24N2O5/c1-13(23-22(27)28)20(25)16-10-6-7-14-11-12-17(29-2)19(18(14)16)21(26)24-15-8-4-3-5-9-15/h3-5,8-9,11-13,16,23H,6-7,10H2,1-2H3,(H,24,26)(H,27,28). The van der Waals surface area contributed by atoms with Gasteiger partial charge in [-0.25, -0.2) is 4.79 Å². The van der Waals surface area contributed by atoms with Crippen LogP contribution in [-0.4, -0.2) is 36.0 Å². The number of nitrogens with one attached hydrogen (secondary N) is 2. The van der Waals surface area contributed by atoms with Crippen molar-refractivity contribution in [3.63, 3.8) is 0 Å². The topological polar surface area (TPSA) is 105 Å². The number of rotatable bonds is 6. The third-order valence-corrected chi connectivity index (χ3v) is 5.17. The molecule has 0 spiro atoms. The molecule has 1 aliphatic rings. The van der Waals surface area contributed by atoms with Crippen LogP contribution >= 0.6 is 0 Å². The molecule has 0 aromatic heterocycles. The fourth-order valence-electron chi connectivity index (χ4n) is 3.86. The van der Waals surface area contributed by atoms with E-state index in [2.05, 4.69) is 10.6 Å². The molecule has 2 amide bonds. The number of carbonyl (C=O) groups excluding carboxylic acids is 2. The number of amides is 2. The number of aryl methyl sites for hydroxylation is 1. The number of Topliss-reactive ketones (excluding diaryl/α,β-unsaturated/α-hetero) is 1. The van der Waals surface area contributed by atoms with Gasteiger partial charge in [-0.05, 0) is 55.5 Å². The maximum Gasteiger partial charge on any atom is 0.405 e. The summed E-state index contributed by atoms with van der Waals surface area (Å²) in [4.78, 5) is 37.2. The van der Waals surface area contributed by atoms with Gasteiger partial charge in [-0.15, -0.1) is 0 Å². The van der Waals surface area contributed by atoms with Gasteiger partial charge in [0.2, 0.25) is 0 Å². The van der Waals surface area contributed by atoms with Crippen molar-refractivity contribution in [1.29, 1.82) is 0 Å². The molecule has 0 bridgehead atoms. The smallest absolute Gasteiger partial charge is 0.405 e. The molecule has 1 aliphatic carbocycles. The molecule has 2 atom stereocenters. The Morgan fingerprint density at radius 2 is 1.86 bits per heavy atom. The first kappa shape index (κ1) is 20.4. The van der Waals surface area contributed by atoms with Crippen LogP contribution in [0.3, 0.4) is 0 Å². The lowest BCUT2D eigenvalue weighted by Gasteiger charge is -2.29. The molecule has 3 rings (SSSR count). The lowest BCUT2D eigenvalue weighted by Crippen LogP contribution is -2.41. The molecule has 0 radical (unpaired) electrons. The molecule has 29 heavy (non-hydrogen) atoms. The van der Waals surface area contributed by atoms with E-state index in [-0.39, 0.29) is 11.7 Å². The highest BCUT2D eigenvalue weighted by Gasteiger charge is 2.35. The van der Waals surface area contributed by atoms with Crippen LogP contribution in [0.4, 0.5) is 10.5 Å². The van der Waals surface area contributed by atoms with Crippen molar-refractivity contribution in [1.82, 2.24) is 5.32 Å². The highest BCUT2D eigenvalue weighted by molar-refractivity contribution is 6.09. The minimum absolute atomic E-state index is 0.254. The van der Waals surface area contributed by atoms with Crippen molar-refractivity contribution in [2.75, 3.05) is 12.4 Å². The predicted molar refractivity (Wildman–Crippen MR) is 109 cm³/mol. The molecule has 2 unspecified atom stereocenters. The van der Waals surface area contributed by atoms with Gasteiger partial charge in [0.15, 0.2) is 5.78 Å². The lowest BCUT2D eigenvalue weighted by molar-refractivity contribution is -0.122. The number of anilines is 1. The summed E-state index contributed by atoms with van der Waals surface area (Å²) in [7, 11) is 1.48. The monoisotopic (exact) mass is 396 g/mol. The van der Waals surface area contributed by atoms with Gasteiger partial charge >= 0.3 is 6.09 Å². The minimum atomic E-state index is -1.26. The number of fused-ring (bicyclic) bond motifs is 1. The van der Waals surface area contributed by atoms with Gasteiger partial charge in [0, 0.05) is 11.6 Å². The van der Waals surface area contributed by atoms with Crippen molar-refractivity contribution in [3.05, 3.63) is 59.2 Å². The van der Waals surface area contributed by atoms with E-state index in [1.165, 1.54) is 14.0 Å². The first-order valence-corrected chi connectivity index (χ1v) is 9.51. The molecule has 152 valence electrons. The van der Waals surface area contributed by atoms with Crippen molar-refractivity contribution in [2.45, 2.75) is 38.1 Å². The van der Waals surface area contributed by atoms with Gasteiger partial charge < -0.3 is 20.5 Å². The molecule has 7 nitrogen and oxygen atoms in total. The normalized spacial score (nSPS) is 16.3. The Kier molecular flexibility index (Phi) is 6.16. The lowest BCUT2D eigenvalue weighted by atomic mass is 9.76. The van der Waals surface area contributed by atoms with E-state index in [9.17, 15) is 14.4 Å². The third kappa shape index (κ3) is 4.39. The van der Waals surface area contributed by atoms with Crippen LogP contribution in [0.2, 0.25) is 0 Å². The van der Waals surface area contributed by atoms with Gasteiger partial charge in [-0.2, -0.15) is 0 Å². The molecular formula is C22H24N2O5. The second-order valence-corrected chi connectivity index (χ2v) is 7.05.